The number of alkyl halides is 1. The number of nitrogens with zero attached hydrogens (tertiary/aromatic N) is 4. The molecule has 11 nitrogen and oxygen atoms in total. The van der Waals surface area contributed by atoms with Crippen LogP contribution in [0.3, 0.4) is 0 Å². The molecule has 3 aliphatic rings. The predicted molar refractivity (Wildman–Crippen MR) is 176 cm³/mol. The van der Waals surface area contributed by atoms with E-state index < -0.39 is 51.0 Å². The third-order valence-corrected chi connectivity index (χ3v) is 11.2. The fraction of sp³-hybridized carbons (Fsp3) is 0.382. The number of ketones is 1. The molecule has 5 heterocycles. The first-order chi connectivity index (χ1) is 23.4. The van der Waals surface area contributed by atoms with Gasteiger partial charge in [0.2, 0.25) is 5.78 Å². The van der Waals surface area contributed by atoms with E-state index in [9.17, 15) is 26.8 Å². The van der Waals surface area contributed by atoms with E-state index in [-0.39, 0.29) is 31.6 Å². The Labute approximate surface area is 280 Å². The summed E-state index contributed by atoms with van der Waals surface area (Å²) in [5, 5.41) is 9.23. The Bertz CT molecular complexity index is 2010. The van der Waals surface area contributed by atoms with Gasteiger partial charge < -0.3 is 15.0 Å². The molecule has 0 amide bonds. The van der Waals surface area contributed by atoms with Crippen LogP contribution in [-0.2, 0) is 15.0 Å². The van der Waals surface area contributed by atoms with Crippen molar-refractivity contribution in [1.82, 2.24) is 24.1 Å². The molecule has 0 saturated carbocycles. The molecule has 7 rings (SSSR count). The van der Waals surface area contributed by atoms with Crippen LogP contribution in [0.1, 0.15) is 40.2 Å². The number of anilines is 1. The molecule has 3 aliphatic heterocycles. The van der Waals surface area contributed by atoms with Gasteiger partial charge in [0.05, 0.1) is 17.8 Å². The van der Waals surface area contributed by atoms with Gasteiger partial charge in [-0.1, -0.05) is 24.3 Å². The van der Waals surface area contributed by atoms with Crippen molar-refractivity contribution in [1.29, 1.82) is 0 Å². The van der Waals surface area contributed by atoms with E-state index in [1.54, 1.807) is 12.3 Å². The quantitative estimate of drug-likeness (QED) is 0.187. The van der Waals surface area contributed by atoms with Crippen LogP contribution in [0.25, 0.3) is 22.2 Å². The van der Waals surface area contributed by atoms with Crippen molar-refractivity contribution in [3.8, 4) is 11.1 Å². The van der Waals surface area contributed by atoms with E-state index in [2.05, 4.69) is 27.0 Å². The Morgan fingerprint density at radius 1 is 1.00 bits per heavy atom. The second kappa shape index (κ2) is 13.2. The maximum atomic E-state index is 15.6. The van der Waals surface area contributed by atoms with Gasteiger partial charge in [0.15, 0.2) is 5.82 Å². The van der Waals surface area contributed by atoms with Crippen LogP contribution in [-0.4, -0.2) is 108 Å². The van der Waals surface area contributed by atoms with Crippen molar-refractivity contribution in [2.24, 2.45) is 5.92 Å². The van der Waals surface area contributed by atoms with Gasteiger partial charge in [0.1, 0.15) is 17.6 Å². The van der Waals surface area contributed by atoms with Gasteiger partial charge in [-0.15, -0.1) is 0 Å². The number of aliphatic carboxylic acids is 1. The van der Waals surface area contributed by atoms with Crippen molar-refractivity contribution in [2.45, 2.75) is 24.9 Å². The summed E-state index contributed by atoms with van der Waals surface area (Å²) < 4.78 is 72.4. The topological polar surface area (TPSA) is 139 Å². The number of aromatic nitrogens is 2. The summed E-state index contributed by atoms with van der Waals surface area (Å²) in [4.78, 5) is 36.0. The molecule has 0 unspecified atom stereocenters. The first-order valence-electron chi connectivity index (χ1n) is 16.1. The number of hydrogen-bond acceptors (Lipinski definition) is 7. The van der Waals surface area contributed by atoms with E-state index in [0.29, 0.717) is 28.4 Å². The van der Waals surface area contributed by atoms with Crippen LogP contribution in [0.2, 0.25) is 0 Å². The number of carboxylic acid groups (broad SMARTS) is 1. The average molecular weight is 697 g/mol. The molecule has 2 aromatic heterocycles. The largest absolute Gasteiger partial charge is 0.480 e. The molecular formula is C34H35F3N6O5S. The standard InChI is InChI=1S/C34H35F3N6O5S/c35-25-8-10-43(18-25)49(47,48)40-29-6-5-28(36)31(32(29)37)33(46)27-13-39-34-26(27)11-23(12-38-34)21-1-3-22(4-2-21)24-16-41(17-24)9-7-20-14-42(15-20)19-30(44)45/h1-6,11-13,20,24-25,40H,7-10,14-19H2,(H,38,39)(H,44,45)/t25-/m1/s1. The zero-order valence-corrected chi connectivity index (χ0v) is 27.2. The highest BCUT2D eigenvalue weighted by atomic mass is 32.2. The van der Waals surface area contributed by atoms with E-state index in [1.165, 1.54) is 11.8 Å². The molecular weight excluding hydrogens is 661 g/mol. The number of pyridine rings is 1. The number of carboxylic acids is 1. The number of H-pyrrole nitrogens is 1. The lowest BCUT2D eigenvalue weighted by Crippen LogP contribution is -2.51. The molecule has 0 radical (unpaired) electrons. The lowest BCUT2D eigenvalue weighted by Gasteiger charge is -2.43. The lowest BCUT2D eigenvalue weighted by atomic mass is 9.89. The van der Waals surface area contributed by atoms with Crippen LogP contribution in [0.5, 0.6) is 0 Å². The summed E-state index contributed by atoms with van der Waals surface area (Å²) in [5.74, 6) is -3.36. The third-order valence-electron chi connectivity index (χ3n) is 9.68. The Kier molecular flexibility index (Phi) is 8.94. The Hall–Kier alpha value is -4.31. The van der Waals surface area contributed by atoms with E-state index >= 15 is 4.39 Å². The number of rotatable bonds is 12. The predicted octanol–water partition coefficient (Wildman–Crippen LogP) is 4.25. The Morgan fingerprint density at radius 2 is 1.76 bits per heavy atom. The summed E-state index contributed by atoms with van der Waals surface area (Å²) in [6.07, 6.45) is 2.69. The zero-order valence-electron chi connectivity index (χ0n) is 26.4. The number of aromatic amines is 1. The van der Waals surface area contributed by atoms with Gasteiger partial charge in [-0.2, -0.15) is 12.7 Å². The smallest absolute Gasteiger partial charge is 0.317 e. The molecule has 3 fully saturated rings. The number of carbonyl (C=O) groups is 2. The normalized spacial score (nSPS) is 19.6. The van der Waals surface area contributed by atoms with Crippen LogP contribution in [0.4, 0.5) is 18.9 Å². The molecule has 3 saturated heterocycles. The van der Waals surface area contributed by atoms with Crippen molar-refractivity contribution in [2.75, 3.05) is 57.1 Å². The molecule has 2 aromatic carbocycles. The van der Waals surface area contributed by atoms with Gasteiger partial charge in [0, 0.05) is 74.1 Å². The molecule has 3 N–H and O–H groups in total. The van der Waals surface area contributed by atoms with Crippen molar-refractivity contribution in [3.63, 3.8) is 0 Å². The lowest BCUT2D eigenvalue weighted by molar-refractivity contribution is -0.140. The van der Waals surface area contributed by atoms with Gasteiger partial charge in [-0.05, 0) is 54.6 Å². The maximum Gasteiger partial charge on any atom is 0.317 e. The number of fused-ring (bicyclic) bond motifs is 1. The highest BCUT2D eigenvalue weighted by Gasteiger charge is 2.34. The van der Waals surface area contributed by atoms with Crippen molar-refractivity contribution < 1.29 is 36.3 Å². The number of halogens is 3. The molecule has 0 aliphatic carbocycles. The van der Waals surface area contributed by atoms with Gasteiger partial charge in [-0.25, -0.2) is 18.2 Å². The average Bonchev–Trinajstić information content (AvgIpc) is 3.67. The number of benzene rings is 2. The van der Waals surface area contributed by atoms with Gasteiger partial charge in [-0.3, -0.25) is 19.2 Å². The third kappa shape index (κ3) is 6.80. The number of likely N-dealkylation sites (tertiary alicyclic amines) is 2. The minimum Gasteiger partial charge on any atom is -0.480 e. The summed E-state index contributed by atoms with van der Waals surface area (Å²) in [5.41, 5.74) is 1.49. The second-order valence-corrected chi connectivity index (χ2v) is 14.8. The monoisotopic (exact) mass is 696 g/mol. The van der Waals surface area contributed by atoms with Crippen LogP contribution < -0.4 is 4.72 Å². The molecule has 15 heteroatoms. The molecule has 4 aromatic rings. The first-order valence-corrected chi connectivity index (χ1v) is 17.6. The Morgan fingerprint density at radius 3 is 2.45 bits per heavy atom. The number of hydrogen-bond donors (Lipinski definition) is 3. The van der Waals surface area contributed by atoms with E-state index in [4.69, 9.17) is 5.11 Å². The van der Waals surface area contributed by atoms with Gasteiger partial charge >= 0.3 is 16.2 Å². The molecule has 0 bridgehead atoms. The maximum absolute atomic E-state index is 15.6. The summed E-state index contributed by atoms with van der Waals surface area (Å²) >= 11 is 0. The molecule has 49 heavy (non-hydrogen) atoms. The highest BCUT2D eigenvalue weighted by Crippen LogP contribution is 2.33. The first kappa shape index (κ1) is 33.2. The Balaban J connectivity index is 1.02. The fourth-order valence-electron chi connectivity index (χ4n) is 6.89. The number of nitrogens with one attached hydrogen (secondary N) is 2. The highest BCUT2D eigenvalue weighted by molar-refractivity contribution is 7.90. The SMILES string of the molecule is O=C(O)CN1CC(CCN2CC(c3ccc(-c4cnc5[nH]cc(C(=O)c6c(F)ccc(NS(=O)(=O)N7CC[C@@H](F)C7)c6F)c5c4)cc3)C2)C1. The zero-order chi connectivity index (χ0) is 34.4. The van der Waals surface area contributed by atoms with Crippen molar-refractivity contribution in [3.05, 3.63) is 83.2 Å². The van der Waals surface area contributed by atoms with Crippen molar-refractivity contribution >= 4 is 38.7 Å². The fourth-order valence-corrected chi connectivity index (χ4v) is 8.16. The van der Waals surface area contributed by atoms with Crippen LogP contribution in [0.15, 0.2) is 54.9 Å². The molecule has 258 valence electrons. The summed E-state index contributed by atoms with van der Waals surface area (Å²) in [7, 11) is -4.33. The van der Waals surface area contributed by atoms with E-state index in [0.717, 1.165) is 61.1 Å². The van der Waals surface area contributed by atoms with Crippen LogP contribution in [0, 0.1) is 17.6 Å². The molecule has 1 atom stereocenters. The minimum atomic E-state index is -4.33. The summed E-state index contributed by atoms with van der Waals surface area (Å²) in [6, 6.07) is 11.5. The van der Waals surface area contributed by atoms with E-state index in [1.807, 2.05) is 21.8 Å². The van der Waals surface area contributed by atoms with Gasteiger partial charge in [0.25, 0.3) is 0 Å². The second-order valence-electron chi connectivity index (χ2n) is 13.1. The van der Waals surface area contributed by atoms with Crippen LogP contribution >= 0.6 is 0 Å². The molecule has 0 spiro atoms. The summed E-state index contributed by atoms with van der Waals surface area (Å²) in [6.45, 7) is 4.25. The number of carbonyl (C=O) groups excluding carboxylic acids is 1. The minimum absolute atomic E-state index is 0.0109.